The molecule has 1 atom stereocenters. The number of benzene rings is 1. The van der Waals surface area contributed by atoms with Crippen molar-refractivity contribution in [2.24, 2.45) is 0 Å². The molecule has 0 radical (unpaired) electrons. The van der Waals surface area contributed by atoms with Gasteiger partial charge in [-0.1, -0.05) is 30.3 Å². The molecule has 1 aromatic carbocycles. The molecular formula is C24H34N4OS. The summed E-state index contributed by atoms with van der Waals surface area (Å²) in [6.07, 6.45) is 4.55. The van der Waals surface area contributed by atoms with E-state index in [1.54, 1.807) is 11.3 Å². The van der Waals surface area contributed by atoms with Crippen LogP contribution < -0.4 is 10.6 Å². The molecular weight excluding hydrogens is 392 g/mol. The minimum atomic E-state index is -0.0203. The van der Waals surface area contributed by atoms with Crippen LogP contribution in [0.1, 0.15) is 47.7 Å². The van der Waals surface area contributed by atoms with Crippen molar-refractivity contribution in [3.8, 4) is 0 Å². The monoisotopic (exact) mass is 426 g/mol. The smallest absolute Gasteiger partial charge is 0.315 e. The summed E-state index contributed by atoms with van der Waals surface area (Å²) >= 11 is 1.79. The van der Waals surface area contributed by atoms with E-state index < -0.39 is 0 Å². The lowest BCUT2D eigenvalue weighted by Gasteiger charge is -2.33. The number of carbonyl (C=O) groups is 1. The number of urea groups is 1. The zero-order valence-corrected chi connectivity index (χ0v) is 18.8. The van der Waals surface area contributed by atoms with E-state index in [4.69, 9.17) is 0 Å². The second kappa shape index (κ2) is 10.4. The number of likely N-dealkylation sites (tertiary alicyclic amines) is 2. The number of hydrogen-bond donors (Lipinski definition) is 2. The summed E-state index contributed by atoms with van der Waals surface area (Å²) in [5, 5.41) is 8.50. The third-order valence-electron chi connectivity index (χ3n) is 6.49. The van der Waals surface area contributed by atoms with Crippen LogP contribution in [0.15, 0.2) is 41.8 Å². The largest absolute Gasteiger partial charge is 0.336 e. The van der Waals surface area contributed by atoms with Crippen molar-refractivity contribution in [2.75, 3.05) is 32.7 Å². The van der Waals surface area contributed by atoms with Crippen LogP contribution >= 0.6 is 11.3 Å². The van der Waals surface area contributed by atoms with Crippen molar-refractivity contribution in [3.63, 3.8) is 0 Å². The minimum absolute atomic E-state index is 0.0203. The molecule has 2 fully saturated rings. The van der Waals surface area contributed by atoms with Crippen LogP contribution in [0.3, 0.4) is 0 Å². The highest BCUT2D eigenvalue weighted by atomic mass is 32.1. The van der Waals surface area contributed by atoms with E-state index >= 15 is 0 Å². The Morgan fingerprint density at radius 3 is 2.57 bits per heavy atom. The molecule has 2 aromatic rings. The maximum absolute atomic E-state index is 12.6. The van der Waals surface area contributed by atoms with Gasteiger partial charge in [-0.2, -0.15) is 0 Å². The van der Waals surface area contributed by atoms with Gasteiger partial charge in [0, 0.05) is 37.1 Å². The topological polar surface area (TPSA) is 47.6 Å². The predicted molar refractivity (Wildman–Crippen MR) is 124 cm³/mol. The van der Waals surface area contributed by atoms with Crippen molar-refractivity contribution in [3.05, 3.63) is 57.8 Å². The fourth-order valence-electron chi connectivity index (χ4n) is 4.63. The maximum Gasteiger partial charge on any atom is 0.315 e. The van der Waals surface area contributed by atoms with E-state index in [2.05, 4.69) is 69.1 Å². The van der Waals surface area contributed by atoms with Gasteiger partial charge in [-0.05, 0) is 68.3 Å². The molecule has 2 aliphatic rings. The Kier molecular flexibility index (Phi) is 7.42. The fraction of sp³-hybridized carbons (Fsp3) is 0.542. The molecule has 2 aliphatic heterocycles. The lowest BCUT2D eigenvalue weighted by atomic mass is 10.0. The highest BCUT2D eigenvalue weighted by molar-refractivity contribution is 7.10. The van der Waals surface area contributed by atoms with Gasteiger partial charge < -0.3 is 10.6 Å². The number of nitrogens with zero attached hydrogens (tertiary/aromatic N) is 2. The van der Waals surface area contributed by atoms with Gasteiger partial charge in [-0.25, -0.2) is 4.79 Å². The van der Waals surface area contributed by atoms with Gasteiger partial charge in [0.2, 0.25) is 0 Å². The second-order valence-corrected chi connectivity index (χ2v) is 9.58. The van der Waals surface area contributed by atoms with Crippen LogP contribution in [0.5, 0.6) is 0 Å². The number of amides is 2. The Labute approximate surface area is 184 Å². The summed E-state index contributed by atoms with van der Waals surface area (Å²) < 4.78 is 0. The summed E-state index contributed by atoms with van der Waals surface area (Å²) in [5.74, 6) is 0. The average molecular weight is 427 g/mol. The number of rotatable bonds is 7. The summed E-state index contributed by atoms with van der Waals surface area (Å²) in [7, 11) is 0. The predicted octanol–water partition coefficient (Wildman–Crippen LogP) is 4.16. The molecule has 5 nitrogen and oxygen atoms in total. The number of carbonyl (C=O) groups excluding carboxylic acids is 1. The van der Waals surface area contributed by atoms with E-state index in [-0.39, 0.29) is 12.1 Å². The van der Waals surface area contributed by atoms with Gasteiger partial charge in [0.15, 0.2) is 0 Å². The number of aryl methyl sites for hydroxylation is 1. The van der Waals surface area contributed by atoms with Gasteiger partial charge in [0.05, 0.1) is 6.04 Å². The number of piperidine rings is 1. The van der Waals surface area contributed by atoms with Crippen LogP contribution in [0.4, 0.5) is 4.79 Å². The second-order valence-electron chi connectivity index (χ2n) is 8.61. The van der Waals surface area contributed by atoms with Crippen LogP contribution in [0, 0.1) is 6.92 Å². The summed E-state index contributed by atoms with van der Waals surface area (Å²) in [5.41, 5.74) is 2.76. The zero-order valence-electron chi connectivity index (χ0n) is 18.0. The molecule has 0 aliphatic carbocycles. The maximum atomic E-state index is 12.6. The Morgan fingerprint density at radius 2 is 1.87 bits per heavy atom. The molecule has 0 saturated carbocycles. The van der Waals surface area contributed by atoms with Crippen LogP contribution in [-0.4, -0.2) is 54.6 Å². The van der Waals surface area contributed by atoms with Crippen molar-refractivity contribution in [2.45, 2.75) is 51.2 Å². The standard InChI is InChI=1S/C24H34N4OS/c1-19-7-2-3-8-20(19)18-27-14-10-21(11-15-27)26-24(29)25-17-22(23-9-6-16-30-23)28-12-4-5-13-28/h2-3,6-9,16,21-22H,4-5,10-15,17-18H2,1H3,(H2,25,26,29). The van der Waals surface area contributed by atoms with Gasteiger partial charge in [0.1, 0.15) is 0 Å². The molecule has 2 amide bonds. The molecule has 30 heavy (non-hydrogen) atoms. The van der Waals surface area contributed by atoms with E-state index in [0.29, 0.717) is 12.6 Å². The molecule has 3 heterocycles. The minimum Gasteiger partial charge on any atom is -0.336 e. The highest BCUT2D eigenvalue weighted by Crippen LogP contribution is 2.27. The first-order valence-electron chi connectivity index (χ1n) is 11.3. The molecule has 0 bridgehead atoms. The lowest BCUT2D eigenvalue weighted by Crippen LogP contribution is -2.49. The first-order chi connectivity index (χ1) is 14.7. The van der Waals surface area contributed by atoms with Gasteiger partial charge in [0.25, 0.3) is 0 Å². The first-order valence-corrected chi connectivity index (χ1v) is 12.2. The third-order valence-corrected chi connectivity index (χ3v) is 7.46. The van der Waals surface area contributed by atoms with Crippen LogP contribution in [-0.2, 0) is 6.54 Å². The molecule has 4 rings (SSSR count). The zero-order chi connectivity index (χ0) is 20.8. The Hall–Kier alpha value is -1.89. The van der Waals surface area contributed by atoms with Crippen LogP contribution in [0.2, 0.25) is 0 Å². The Bertz CT molecular complexity index is 795. The molecule has 1 aromatic heterocycles. The number of thiophene rings is 1. The molecule has 6 heteroatoms. The van der Waals surface area contributed by atoms with E-state index in [9.17, 15) is 4.79 Å². The van der Waals surface area contributed by atoms with E-state index in [1.807, 2.05) is 0 Å². The molecule has 2 saturated heterocycles. The molecule has 0 spiro atoms. The normalized spacial score (nSPS) is 19.6. The van der Waals surface area contributed by atoms with Crippen LogP contribution in [0.25, 0.3) is 0 Å². The van der Waals surface area contributed by atoms with E-state index in [1.165, 1.54) is 28.8 Å². The Balaban J connectivity index is 1.21. The molecule has 1 unspecified atom stereocenters. The average Bonchev–Trinajstić information content (AvgIpc) is 3.46. The van der Waals surface area contributed by atoms with Gasteiger partial charge >= 0.3 is 6.03 Å². The molecule has 2 N–H and O–H groups in total. The first kappa shape index (κ1) is 21.3. The third kappa shape index (κ3) is 5.62. The summed E-state index contributed by atoms with van der Waals surface area (Å²) in [6, 6.07) is 13.5. The number of hydrogen-bond acceptors (Lipinski definition) is 4. The van der Waals surface area contributed by atoms with Crippen molar-refractivity contribution in [1.29, 1.82) is 0 Å². The van der Waals surface area contributed by atoms with Gasteiger partial charge in [-0.3, -0.25) is 9.80 Å². The van der Waals surface area contributed by atoms with E-state index in [0.717, 1.165) is 45.6 Å². The summed E-state index contributed by atoms with van der Waals surface area (Å²) in [6.45, 7) is 8.19. The fourth-order valence-corrected chi connectivity index (χ4v) is 5.49. The van der Waals surface area contributed by atoms with Crippen molar-refractivity contribution < 1.29 is 4.79 Å². The quantitative estimate of drug-likeness (QED) is 0.699. The highest BCUT2D eigenvalue weighted by Gasteiger charge is 2.26. The lowest BCUT2D eigenvalue weighted by molar-refractivity contribution is 0.184. The SMILES string of the molecule is Cc1ccccc1CN1CCC(NC(=O)NCC(c2cccs2)N2CCCC2)CC1. The Morgan fingerprint density at radius 1 is 1.10 bits per heavy atom. The van der Waals surface area contributed by atoms with Crippen molar-refractivity contribution in [1.82, 2.24) is 20.4 Å². The van der Waals surface area contributed by atoms with Gasteiger partial charge in [-0.15, -0.1) is 11.3 Å². The van der Waals surface area contributed by atoms with Crippen molar-refractivity contribution >= 4 is 17.4 Å². The number of nitrogens with one attached hydrogen (secondary N) is 2. The summed E-state index contributed by atoms with van der Waals surface area (Å²) in [4.78, 5) is 18.9. The molecule has 162 valence electrons.